The average molecular weight is 382 g/mol. The molecule has 1 aromatic heterocycles. The number of nitrogens with zero attached hydrogens (tertiary/aromatic N) is 3. The summed E-state index contributed by atoms with van der Waals surface area (Å²) in [5.41, 5.74) is 12.6. The lowest BCUT2D eigenvalue weighted by Crippen LogP contribution is -2.55. The van der Waals surface area contributed by atoms with Crippen molar-refractivity contribution in [2.75, 3.05) is 0 Å². The first-order valence-electron chi connectivity index (χ1n) is 10.2. The number of carbonyl (C=O) groups excluding carboxylic acids is 1. The van der Waals surface area contributed by atoms with E-state index in [0.29, 0.717) is 11.1 Å². The topological polar surface area (TPSA) is 73.3 Å². The van der Waals surface area contributed by atoms with Crippen LogP contribution in [0.2, 0.25) is 0 Å². The number of amides is 1. The van der Waals surface area contributed by atoms with Gasteiger partial charge in [0.1, 0.15) is 6.33 Å². The number of rotatable bonds is 3. The third-order valence-electron chi connectivity index (χ3n) is 6.97. The monoisotopic (exact) mass is 382 g/mol. The minimum atomic E-state index is -0.518. The summed E-state index contributed by atoms with van der Waals surface area (Å²) < 4.78 is 1.99. The van der Waals surface area contributed by atoms with E-state index in [9.17, 15) is 4.79 Å². The zero-order valence-corrected chi connectivity index (χ0v) is 16.3. The second kappa shape index (κ2) is 5.66. The van der Waals surface area contributed by atoms with Crippen LogP contribution < -0.4 is 5.73 Å². The van der Waals surface area contributed by atoms with Crippen LogP contribution in [-0.2, 0) is 5.41 Å². The van der Waals surface area contributed by atoms with Crippen molar-refractivity contribution in [3.8, 4) is 5.69 Å². The zero-order chi connectivity index (χ0) is 19.8. The molecular formula is C24H22N4O. The maximum absolute atomic E-state index is 12.0. The molecule has 3 saturated carbocycles. The van der Waals surface area contributed by atoms with Crippen molar-refractivity contribution in [3.05, 3.63) is 82.9 Å². The molecule has 2 heterocycles. The Balaban J connectivity index is 1.61. The molecule has 144 valence electrons. The Kier molecular flexibility index (Phi) is 3.26. The molecule has 1 aliphatic heterocycles. The number of nitrogens with two attached hydrogens (primary N) is 1. The van der Waals surface area contributed by atoms with E-state index < -0.39 is 5.91 Å². The van der Waals surface area contributed by atoms with E-state index >= 15 is 0 Å². The first-order valence-corrected chi connectivity index (χ1v) is 10.2. The van der Waals surface area contributed by atoms with Gasteiger partial charge in [-0.05, 0) is 55.2 Å². The molecule has 1 amide bonds. The number of hydrogen-bond donors (Lipinski definition) is 1. The van der Waals surface area contributed by atoms with Crippen molar-refractivity contribution in [1.82, 2.24) is 9.55 Å². The van der Waals surface area contributed by atoms with Gasteiger partial charge in [0.25, 0.3) is 5.91 Å². The Morgan fingerprint density at radius 2 is 1.90 bits per heavy atom. The second-order valence-electron chi connectivity index (χ2n) is 8.72. The van der Waals surface area contributed by atoms with Gasteiger partial charge < -0.3 is 5.73 Å². The first-order chi connectivity index (χ1) is 14.1. The van der Waals surface area contributed by atoms with Gasteiger partial charge >= 0.3 is 0 Å². The Bertz CT molecular complexity index is 1170. The van der Waals surface area contributed by atoms with Gasteiger partial charge in [0.2, 0.25) is 0 Å². The van der Waals surface area contributed by atoms with E-state index in [-0.39, 0.29) is 6.04 Å². The molecule has 0 unspecified atom stereocenters. The molecule has 5 heteroatoms. The number of hydrogen-bond acceptors (Lipinski definition) is 3. The Labute approximate surface area is 169 Å². The maximum atomic E-state index is 12.0. The number of carbonyl (C=O) groups is 1. The minimum Gasteiger partial charge on any atom is -0.364 e. The average Bonchev–Trinajstić information content (AvgIpc) is 3.05. The fourth-order valence-corrected chi connectivity index (χ4v) is 5.39. The van der Waals surface area contributed by atoms with Crippen molar-refractivity contribution in [2.45, 2.75) is 37.6 Å². The van der Waals surface area contributed by atoms with Crippen LogP contribution >= 0.6 is 0 Å². The van der Waals surface area contributed by atoms with Crippen LogP contribution in [0.5, 0.6) is 0 Å². The van der Waals surface area contributed by atoms with Gasteiger partial charge in [-0.2, -0.15) is 0 Å². The van der Waals surface area contributed by atoms with Crippen LogP contribution in [0.3, 0.4) is 0 Å². The van der Waals surface area contributed by atoms with E-state index in [0.717, 1.165) is 34.1 Å². The van der Waals surface area contributed by atoms with Gasteiger partial charge in [-0.3, -0.25) is 14.4 Å². The molecule has 3 fully saturated rings. The standard InChI is InChI=1S/C24H22N4O/c1-14-22-21(23(25)29)26-13-28(22)19-8-7-17(24-10-15(11-24)12-24)9-18(19)20(27-14)16-5-3-2-4-6-16/h2-9,13-15H,10-12H2,1H3,(H2,25,29)/t14-,15?,24?/m1/s1. The molecular weight excluding hydrogens is 360 g/mol. The van der Waals surface area contributed by atoms with Crippen LogP contribution in [0.1, 0.15) is 65.1 Å². The number of primary amides is 1. The van der Waals surface area contributed by atoms with Crippen molar-refractivity contribution in [3.63, 3.8) is 0 Å². The fraction of sp³-hybridized carbons (Fsp3) is 0.292. The lowest BCUT2D eigenvalue weighted by molar-refractivity contribution is -0.0274. The van der Waals surface area contributed by atoms with Crippen LogP contribution in [0.15, 0.2) is 59.9 Å². The highest BCUT2D eigenvalue weighted by Crippen LogP contribution is 2.65. The third kappa shape index (κ3) is 2.24. The molecule has 4 aliphatic rings. The third-order valence-corrected chi connectivity index (χ3v) is 6.97. The van der Waals surface area contributed by atoms with Crippen LogP contribution in [0.4, 0.5) is 0 Å². The predicted molar refractivity (Wildman–Crippen MR) is 112 cm³/mol. The van der Waals surface area contributed by atoms with Crippen LogP contribution in [0, 0.1) is 5.92 Å². The molecule has 0 saturated heterocycles. The summed E-state index contributed by atoms with van der Waals surface area (Å²) >= 11 is 0. The van der Waals surface area contributed by atoms with Crippen LogP contribution in [0.25, 0.3) is 5.69 Å². The molecule has 2 bridgehead atoms. The molecule has 1 atom stereocenters. The fourth-order valence-electron chi connectivity index (χ4n) is 5.39. The van der Waals surface area contributed by atoms with E-state index in [1.165, 1.54) is 24.8 Å². The molecule has 0 spiro atoms. The lowest BCUT2D eigenvalue weighted by Gasteiger charge is -2.62. The van der Waals surface area contributed by atoms with Gasteiger partial charge in [0.05, 0.1) is 23.1 Å². The molecule has 3 aromatic rings. The van der Waals surface area contributed by atoms with E-state index in [1.807, 2.05) is 29.7 Å². The summed E-state index contributed by atoms with van der Waals surface area (Å²) in [6, 6.07) is 16.8. The summed E-state index contributed by atoms with van der Waals surface area (Å²) in [5.74, 6) is 0.408. The minimum absolute atomic E-state index is 0.235. The molecule has 3 aliphatic carbocycles. The molecule has 29 heavy (non-hydrogen) atoms. The predicted octanol–water partition coefficient (Wildman–Crippen LogP) is 3.93. The largest absolute Gasteiger partial charge is 0.364 e. The van der Waals surface area contributed by atoms with Crippen molar-refractivity contribution in [2.24, 2.45) is 16.6 Å². The quantitative estimate of drug-likeness (QED) is 0.745. The van der Waals surface area contributed by atoms with Gasteiger partial charge in [-0.25, -0.2) is 4.98 Å². The summed E-state index contributed by atoms with van der Waals surface area (Å²) in [6.45, 7) is 2.00. The Hall–Kier alpha value is -3.21. The van der Waals surface area contributed by atoms with Crippen molar-refractivity contribution in [1.29, 1.82) is 0 Å². The molecule has 2 aromatic carbocycles. The molecule has 7 rings (SSSR count). The second-order valence-corrected chi connectivity index (χ2v) is 8.72. The summed E-state index contributed by atoms with van der Waals surface area (Å²) in [4.78, 5) is 21.4. The number of aliphatic imine (C=N–C) groups is 1. The SMILES string of the molecule is C[C@H]1N=C(c2ccccc2)c2cc(C34CC(C3)C4)ccc2-n2cnc(C(N)=O)c21. The summed E-state index contributed by atoms with van der Waals surface area (Å²) in [6.07, 6.45) is 5.63. The molecule has 0 radical (unpaired) electrons. The number of fused-ring (bicyclic) bond motifs is 3. The van der Waals surface area contributed by atoms with Gasteiger partial charge in [0, 0.05) is 11.1 Å². The lowest BCUT2D eigenvalue weighted by atomic mass is 9.42. The molecule has 2 N–H and O–H groups in total. The van der Waals surface area contributed by atoms with E-state index in [1.54, 1.807) is 6.33 Å². The molecule has 5 nitrogen and oxygen atoms in total. The summed E-state index contributed by atoms with van der Waals surface area (Å²) in [7, 11) is 0. The normalized spacial score (nSPS) is 26.3. The number of imidazole rings is 1. The van der Waals surface area contributed by atoms with Gasteiger partial charge in [-0.1, -0.05) is 36.4 Å². The number of benzene rings is 2. The first kappa shape index (κ1) is 16.7. The van der Waals surface area contributed by atoms with Crippen LogP contribution in [-0.4, -0.2) is 21.2 Å². The van der Waals surface area contributed by atoms with Crippen molar-refractivity contribution >= 4 is 11.6 Å². The smallest absolute Gasteiger partial charge is 0.269 e. The van der Waals surface area contributed by atoms with E-state index in [2.05, 4.69) is 35.3 Å². The highest BCUT2D eigenvalue weighted by molar-refractivity contribution is 6.15. The van der Waals surface area contributed by atoms with E-state index in [4.69, 9.17) is 10.7 Å². The highest BCUT2D eigenvalue weighted by atomic mass is 16.1. The zero-order valence-electron chi connectivity index (χ0n) is 16.3. The van der Waals surface area contributed by atoms with Gasteiger partial charge in [-0.15, -0.1) is 0 Å². The Morgan fingerprint density at radius 1 is 1.14 bits per heavy atom. The highest BCUT2D eigenvalue weighted by Gasteiger charge is 2.57. The van der Waals surface area contributed by atoms with Crippen molar-refractivity contribution < 1.29 is 4.79 Å². The number of aromatic nitrogens is 2. The van der Waals surface area contributed by atoms with Gasteiger partial charge in [0.15, 0.2) is 5.69 Å². The maximum Gasteiger partial charge on any atom is 0.269 e. The Morgan fingerprint density at radius 3 is 2.55 bits per heavy atom. The summed E-state index contributed by atoms with van der Waals surface area (Å²) in [5, 5.41) is 0.